The van der Waals surface area contributed by atoms with Crippen molar-refractivity contribution >= 4 is 5.82 Å². The molecule has 0 amide bonds. The zero-order valence-corrected chi connectivity index (χ0v) is 9.80. The summed E-state index contributed by atoms with van der Waals surface area (Å²) in [5.41, 5.74) is 4.40. The minimum atomic E-state index is -4.35. The summed E-state index contributed by atoms with van der Waals surface area (Å²) in [4.78, 5) is 3.74. The predicted molar refractivity (Wildman–Crippen MR) is 60.6 cm³/mol. The van der Waals surface area contributed by atoms with Gasteiger partial charge in [0.05, 0.1) is 5.56 Å². The summed E-state index contributed by atoms with van der Waals surface area (Å²) in [5, 5.41) is 3.04. The molecule has 1 rings (SSSR count). The van der Waals surface area contributed by atoms with E-state index >= 15 is 0 Å². The monoisotopic (exact) mass is 247 g/mol. The van der Waals surface area contributed by atoms with Crippen LogP contribution in [0.2, 0.25) is 0 Å². The van der Waals surface area contributed by atoms with Gasteiger partial charge in [0.2, 0.25) is 0 Å². The van der Waals surface area contributed by atoms with Gasteiger partial charge in [-0.3, -0.25) is 0 Å². The summed E-state index contributed by atoms with van der Waals surface area (Å²) < 4.78 is 36.9. The lowest BCUT2D eigenvalue weighted by atomic mass is 10.0. The molecule has 0 fully saturated rings. The van der Waals surface area contributed by atoms with Gasteiger partial charge in [-0.1, -0.05) is 0 Å². The second kappa shape index (κ2) is 4.91. The lowest BCUT2D eigenvalue weighted by molar-refractivity contribution is -0.137. The third-order valence-electron chi connectivity index (χ3n) is 2.33. The van der Waals surface area contributed by atoms with Crippen molar-refractivity contribution in [3.8, 4) is 0 Å². The fourth-order valence-electron chi connectivity index (χ4n) is 1.41. The van der Waals surface area contributed by atoms with Gasteiger partial charge in [-0.2, -0.15) is 13.2 Å². The van der Waals surface area contributed by atoms with Crippen molar-refractivity contribution in [2.45, 2.75) is 32.0 Å². The van der Waals surface area contributed by atoms with Crippen molar-refractivity contribution < 1.29 is 13.2 Å². The standard InChI is InChI=1S/C11H16F3N3/c1-10(2,5-6-15)17-9-4-3-8(7-16-9)11(12,13)14/h3-4,7H,5-6,15H2,1-2H3,(H,16,17). The Morgan fingerprint density at radius 3 is 2.35 bits per heavy atom. The molecule has 3 nitrogen and oxygen atoms in total. The van der Waals surface area contributed by atoms with Gasteiger partial charge in [-0.15, -0.1) is 0 Å². The van der Waals surface area contributed by atoms with Crippen LogP contribution in [-0.2, 0) is 6.18 Å². The number of nitrogens with two attached hydrogens (primary N) is 1. The molecule has 0 aliphatic rings. The van der Waals surface area contributed by atoms with Gasteiger partial charge in [0.15, 0.2) is 0 Å². The Morgan fingerprint density at radius 2 is 1.94 bits per heavy atom. The molecule has 17 heavy (non-hydrogen) atoms. The second-order valence-corrected chi connectivity index (χ2v) is 4.48. The van der Waals surface area contributed by atoms with Crippen LogP contribution in [0.25, 0.3) is 0 Å². The van der Waals surface area contributed by atoms with E-state index in [2.05, 4.69) is 10.3 Å². The zero-order valence-electron chi connectivity index (χ0n) is 9.80. The van der Waals surface area contributed by atoms with Crippen LogP contribution in [0.3, 0.4) is 0 Å². The minimum Gasteiger partial charge on any atom is -0.365 e. The van der Waals surface area contributed by atoms with Crippen LogP contribution in [0.15, 0.2) is 18.3 Å². The van der Waals surface area contributed by atoms with E-state index in [4.69, 9.17) is 5.73 Å². The largest absolute Gasteiger partial charge is 0.417 e. The first-order chi connectivity index (χ1) is 7.74. The van der Waals surface area contributed by atoms with E-state index in [9.17, 15) is 13.2 Å². The van der Waals surface area contributed by atoms with Crippen molar-refractivity contribution in [3.63, 3.8) is 0 Å². The molecule has 96 valence electrons. The van der Waals surface area contributed by atoms with E-state index in [0.717, 1.165) is 12.3 Å². The van der Waals surface area contributed by atoms with E-state index in [0.29, 0.717) is 18.8 Å². The molecule has 0 aromatic carbocycles. The molecular weight excluding hydrogens is 231 g/mol. The smallest absolute Gasteiger partial charge is 0.365 e. The van der Waals surface area contributed by atoms with E-state index in [1.54, 1.807) is 0 Å². The number of anilines is 1. The van der Waals surface area contributed by atoms with Crippen LogP contribution >= 0.6 is 0 Å². The molecule has 0 unspecified atom stereocenters. The number of halogens is 3. The number of alkyl halides is 3. The number of aromatic nitrogens is 1. The molecule has 0 radical (unpaired) electrons. The van der Waals surface area contributed by atoms with Gasteiger partial charge < -0.3 is 11.1 Å². The highest BCUT2D eigenvalue weighted by atomic mass is 19.4. The number of rotatable bonds is 4. The molecule has 6 heteroatoms. The lowest BCUT2D eigenvalue weighted by Crippen LogP contribution is -2.33. The fourth-order valence-corrected chi connectivity index (χ4v) is 1.41. The number of hydrogen-bond donors (Lipinski definition) is 2. The summed E-state index contributed by atoms with van der Waals surface area (Å²) in [5.74, 6) is 0.413. The van der Waals surface area contributed by atoms with Crippen molar-refractivity contribution in [1.82, 2.24) is 4.98 Å². The molecular formula is C11H16F3N3. The van der Waals surface area contributed by atoms with E-state index in [-0.39, 0.29) is 5.54 Å². The van der Waals surface area contributed by atoms with Crippen molar-refractivity contribution in [2.24, 2.45) is 5.73 Å². The van der Waals surface area contributed by atoms with Crippen LogP contribution in [0.4, 0.5) is 19.0 Å². The quantitative estimate of drug-likeness (QED) is 0.860. The van der Waals surface area contributed by atoms with Gasteiger partial charge in [0.1, 0.15) is 5.82 Å². The molecule has 1 aromatic rings. The van der Waals surface area contributed by atoms with Gasteiger partial charge in [0.25, 0.3) is 0 Å². The van der Waals surface area contributed by atoms with Crippen LogP contribution in [0, 0.1) is 0 Å². The van der Waals surface area contributed by atoms with Crippen LogP contribution < -0.4 is 11.1 Å². The Kier molecular flexibility index (Phi) is 3.98. The maximum Gasteiger partial charge on any atom is 0.417 e. The fraction of sp³-hybridized carbons (Fsp3) is 0.545. The van der Waals surface area contributed by atoms with Crippen molar-refractivity contribution in [3.05, 3.63) is 23.9 Å². The normalized spacial score (nSPS) is 12.6. The molecule has 0 bridgehead atoms. The Morgan fingerprint density at radius 1 is 1.29 bits per heavy atom. The molecule has 0 saturated carbocycles. The average Bonchev–Trinajstić information content (AvgIpc) is 2.16. The molecule has 0 saturated heterocycles. The molecule has 0 spiro atoms. The second-order valence-electron chi connectivity index (χ2n) is 4.48. The van der Waals surface area contributed by atoms with Crippen molar-refractivity contribution in [2.75, 3.05) is 11.9 Å². The SMILES string of the molecule is CC(C)(CCN)Nc1ccc(C(F)(F)F)cn1. The molecule has 1 aromatic heterocycles. The number of hydrogen-bond acceptors (Lipinski definition) is 3. The van der Waals surface area contributed by atoms with Gasteiger partial charge in [0, 0.05) is 11.7 Å². The molecule has 0 atom stereocenters. The lowest BCUT2D eigenvalue weighted by Gasteiger charge is -2.26. The first kappa shape index (κ1) is 13.8. The Balaban J connectivity index is 2.75. The van der Waals surface area contributed by atoms with Crippen LogP contribution in [0.5, 0.6) is 0 Å². The predicted octanol–water partition coefficient (Wildman–Crippen LogP) is 2.64. The summed E-state index contributed by atoms with van der Waals surface area (Å²) >= 11 is 0. The zero-order chi connectivity index (χ0) is 13.1. The molecule has 0 aliphatic carbocycles. The van der Waals surface area contributed by atoms with Gasteiger partial charge in [-0.05, 0) is 38.9 Å². The molecule has 3 N–H and O–H groups in total. The first-order valence-electron chi connectivity index (χ1n) is 5.26. The summed E-state index contributed by atoms with van der Waals surface area (Å²) in [6.07, 6.45) is -2.82. The van der Waals surface area contributed by atoms with E-state index in [1.807, 2.05) is 13.8 Å². The highest BCUT2D eigenvalue weighted by molar-refractivity contribution is 5.38. The van der Waals surface area contributed by atoms with Crippen LogP contribution in [-0.4, -0.2) is 17.1 Å². The summed E-state index contributed by atoms with van der Waals surface area (Å²) in [6, 6.07) is 2.33. The van der Waals surface area contributed by atoms with Crippen LogP contribution in [0.1, 0.15) is 25.8 Å². The highest BCUT2D eigenvalue weighted by Gasteiger charge is 2.30. The number of pyridine rings is 1. The molecule has 1 heterocycles. The number of nitrogens with one attached hydrogen (secondary N) is 1. The Labute approximate surface area is 98.2 Å². The third kappa shape index (κ3) is 4.22. The van der Waals surface area contributed by atoms with Gasteiger partial charge >= 0.3 is 6.18 Å². The maximum atomic E-state index is 12.3. The minimum absolute atomic E-state index is 0.290. The Hall–Kier alpha value is -1.30. The molecule has 0 aliphatic heterocycles. The van der Waals surface area contributed by atoms with Gasteiger partial charge in [-0.25, -0.2) is 4.98 Å². The topological polar surface area (TPSA) is 50.9 Å². The first-order valence-corrected chi connectivity index (χ1v) is 5.26. The highest BCUT2D eigenvalue weighted by Crippen LogP contribution is 2.29. The van der Waals surface area contributed by atoms with Crippen molar-refractivity contribution in [1.29, 1.82) is 0 Å². The average molecular weight is 247 g/mol. The summed E-state index contributed by atoms with van der Waals surface area (Å²) in [6.45, 7) is 4.33. The van der Waals surface area contributed by atoms with E-state index in [1.165, 1.54) is 6.07 Å². The Bertz CT molecular complexity index is 357. The van der Waals surface area contributed by atoms with E-state index < -0.39 is 11.7 Å². The number of nitrogens with zero attached hydrogens (tertiary/aromatic N) is 1. The third-order valence-corrected chi connectivity index (χ3v) is 2.33. The summed E-state index contributed by atoms with van der Waals surface area (Å²) in [7, 11) is 0. The maximum absolute atomic E-state index is 12.3.